The van der Waals surface area contributed by atoms with E-state index in [-0.39, 0.29) is 5.97 Å². The van der Waals surface area contributed by atoms with E-state index in [4.69, 9.17) is 10.00 Å². The van der Waals surface area contributed by atoms with Gasteiger partial charge in [0.15, 0.2) is 0 Å². The molecular weight excluding hydrogens is 204 g/mol. The molecule has 88 valence electrons. The van der Waals surface area contributed by atoms with Crippen molar-refractivity contribution >= 4 is 5.97 Å². The first-order chi connectivity index (χ1) is 7.77. The van der Waals surface area contributed by atoms with Crippen LogP contribution in [-0.2, 0) is 9.53 Å². The summed E-state index contributed by atoms with van der Waals surface area (Å²) in [6, 6.07) is 2.06. The predicted octanol–water partition coefficient (Wildman–Crippen LogP) is 1.83. The first-order valence-corrected chi connectivity index (χ1v) is 5.77. The number of esters is 1. The minimum absolute atomic E-state index is 0.163. The van der Waals surface area contributed by atoms with E-state index in [1.807, 2.05) is 0 Å². The van der Waals surface area contributed by atoms with E-state index in [9.17, 15) is 4.79 Å². The molecule has 16 heavy (non-hydrogen) atoms. The summed E-state index contributed by atoms with van der Waals surface area (Å²) in [6.07, 6.45) is 5.19. The summed E-state index contributed by atoms with van der Waals surface area (Å²) in [7, 11) is 0. The van der Waals surface area contributed by atoms with Crippen molar-refractivity contribution in [3.8, 4) is 6.07 Å². The molecule has 1 rings (SSSR count). The van der Waals surface area contributed by atoms with E-state index in [1.54, 1.807) is 13.0 Å². The number of nitrogens with zero attached hydrogens (tertiary/aromatic N) is 2. The summed E-state index contributed by atoms with van der Waals surface area (Å²) in [4.78, 5) is 13.3. The molecule has 0 unspecified atom stereocenters. The van der Waals surface area contributed by atoms with Gasteiger partial charge in [-0.3, -0.25) is 4.79 Å². The van der Waals surface area contributed by atoms with Crippen LogP contribution in [0.15, 0.2) is 11.8 Å². The van der Waals surface area contributed by atoms with Gasteiger partial charge < -0.3 is 9.64 Å². The molecule has 4 nitrogen and oxygen atoms in total. The summed E-state index contributed by atoms with van der Waals surface area (Å²) < 4.78 is 4.88. The van der Waals surface area contributed by atoms with Crippen molar-refractivity contribution in [3.63, 3.8) is 0 Å². The number of carbonyl (C=O) groups is 1. The molecule has 0 aliphatic carbocycles. The van der Waals surface area contributed by atoms with Crippen molar-refractivity contribution in [1.29, 1.82) is 5.26 Å². The third kappa shape index (κ3) is 3.93. The van der Waals surface area contributed by atoms with Gasteiger partial charge in [0.25, 0.3) is 0 Å². The lowest BCUT2D eigenvalue weighted by Gasteiger charge is -2.30. The summed E-state index contributed by atoms with van der Waals surface area (Å²) in [6.45, 7) is 3.83. The first-order valence-electron chi connectivity index (χ1n) is 5.77. The standard InChI is InChI=1S/C12H18N2O2/c1-2-16-12(15)7-10-14-9-4-3-5-11(14)6-8-13/h6H,2-5,7,9-10H2,1H3/b11-6+. The largest absolute Gasteiger partial charge is 0.466 e. The number of allylic oxidation sites excluding steroid dienone is 2. The van der Waals surface area contributed by atoms with Crippen LogP contribution in [0.2, 0.25) is 0 Å². The molecule has 1 fully saturated rings. The SMILES string of the molecule is CCOC(=O)CCN1CCCC/C1=C\C#N. The summed E-state index contributed by atoms with van der Waals surface area (Å²) in [5.41, 5.74) is 1.05. The van der Waals surface area contributed by atoms with E-state index in [0.29, 0.717) is 19.6 Å². The van der Waals surface area contributed by atoms with Crippen LogP contribution in [-0.4, -0.2) is 30.6 Å². The highest BCUT2D eigenvalue weighted by atomic mass is 16.5. The number of piperidine rings is 1. The van der Waals surface area contributed by atoms with E-state index >= 15 is 0 Å². The number of rotatable bonds is 4. The Hall–Kier alpha value is -1.50. The van der Waals surface area contributed by atoms with E-state index in [2.05, 4.69) is 11.0 Å². The van der Waals surface area contributed by atoms with Crippen molar-refractivity contribution in [2.24, 2.45) is 0 Å². The number of likely N-dealkylation sites (tertiary alicyclic amines) is 1. The van der Waals surface area contributed by atoms with E-state index in [1.165, 1.54) is 0 Å². The maximum absolute atomic E-state index is 11.2. The monoisotopic (exact) mass is 222 g/mol. The lowest BCUT2D eigenvalue weighted by molar-refractivity contribution is -0.143. The maximum Gasteiger partial charge on any atom is 0.307 e. The molecule has 0 radical (unpaired) electrons. The normalized spacial score (nSPS) is 18.2. The maximum atomic E-state index is 11.2. The molecule has 0 N–H and O–H groups in total. The Bertz CT molecular complexity index is 305. The van der Waals surface area contributed by atoms with Gasteiger partial charge in [0.05, 0.1) is 19.1 Å². The Morgan fingerprint density at radius 1 is 1.62 bits per heavy atom. The van der Waals surface area contributed by atoms with Crippen LogP contribution in [0.5, 0.6) is 0 Å². The van der Waals surface area contributed by atoms with Crippen LogP contribution in [0.3, 0.4) is 0 Å². The fraction of sp³-hybridized carbons (Fsp3) is 0.667. The molecule has 0 bridgehead atoms. The van der Waals surface area contributed by atoms with Crippen LogP contribution in [0.4, 0.5) is 0 Å². The van der Waals surface area contributed by atoms with Crippen LogP contribution in [0.1, 0.15) is 32.6 Å². The van der Waals surface area contributed by atoms with Crippen LogP contribution < -0.4 is 0 Å². The van der Waals surface area contributed by atoms with Gasteiger partial charge in [0.1, 0.15) is 0 Å². The quantitative estimate of drug-likeness (QED) is 0.538. The van der Waals surface area contributed by atoms with Crippen LogP contribution in [0.25, 0.3) is 0 Å². The van der Waals surface area contributed by atoms with Crippen molar-refractivity contribution < 1.29 is 9.53 Å². The summed E-state index contributed by atoms with van der Waals surface area (Å²) >= 11 is 0. The summed E-state index contributed by atoms with van der Waals surface area (Å²) in [5.74, 6) is -0.163. The fourth-order valence-corrected chi connectivity index (χ4v) is 1.86. The van der Waals surface area contributed by atoms with E-state index in [0.717, 1.165) is 31.5 Å². The molecule has 0 spiro atoms. The minimum Gasteiger partial charge on any atom is -0.466 e. The number of carbonyl (C=O) groups excluding carboxylic acids is 1. The smallest absolute Gasteiger partial charge is 0.307 e. The second-order valence-electron chi connectivity index (χ2n) is 3.76. The van der Waals surface area contributed by atoms with Gasteiger partial charge in [-0.15, -0.1) is 0 Å². The molecule has 4 heteroatoms. The zero-order valence-corrected chi connectivity index (χ0v) is 9.74. The Morgan fingerprint density at radius 2 is 2.44 bits per heavy atom. The molecule has 0 amide bonds. The minimum atomic E-state index is -0.163. The lowest BCUT2D eigenvalue weighted by Crippen LogP contribution is -2.30. The average molecular weight is 222 g/mol. The Morgan fingerprint density at radius 3 is 3.12 bits per heavy atom. The predicted molar refractivity (Wildman–Crippen MR) is 60.4 cm³/mol. The van der Waals surface area contributed by atoms with E-state index < -0.39 is 0 Å². The highest BCUT2D eigenvalue weighted by Crippen LogP contribution is 2.20. The highest BCUT2D eigenvalue weighted by molar-refractivity contribution is 5.69. The molecule has 1 aliphatic heterocycles. The van der Waals surface area contributed by atoms with Gasteiger partial charge in [0.2, 0.25) is 0 Å². The van der Waals surface area contributed by atoms with Crippen molar-refractivity contribution in [3.05, 3.63) is 11.8 Å². The summed E-state index contributed by atoms with van der Waals surface area (Å²) in [5, 5.41) is 8.65. The molecule has 1 saturated heterocycles. The van der Waals surface area contributed by atoms with Gasteiger partial charge in [-0.1, -0.05) is 0 Å². The second-order valence-corrected chi connectivity index (χ2v) is 3.76. The molecular formula is C12H18N2O2. The third-order valence-corrected chi connectivity index (χ3v) is 2.64. The molecule has 1 heterocycles. The Kier molecular flexibility index (Phi) is 5.41. The Labute approximate surface area is 96.5 Å². The number of hydrogen-bond donors (Lipinski definition) is 0. The lowest BCUT2D eigenvalue weighted by atomic mass is 10.1. The topological polar surface area (TPSA) is 53.3 Å². The van der Waals surface area contributed by atoms with Crippen molar-refractivity contribution in [2.75, 3.05) is 19.7 Å². The van der Waals surface area contributed by atoms with Crippen LogP contribution in [0, 0.1) is 11.3 Å². The van der Waals surface area contributed by atoms with Crippen molar-refractivity contribution in [1.82, 2.24) is 4.90 Å². The molecule has 0 aromatic rings. The van der Waals surface area contributed by atoms with Gasteiger partial charge in [-0.2, -0.15) is 5.26 Å². The number of nitriles is 1. The molecule has 0 saturated carbocycles. The first kappa shape index (κ1) is 12.6. The molecule has 0 aromatic heterocycles. The zero-order chi connectivity index (χ0) is 11.8. The molecule has 0 aromatic carbocycles. The van der Waals surface area contributed by atoms with Gasteiger partial charge >= 0.3 is 5.97 Å². The average Bonchev–Trinajstić information content (AvgIpc) is 2.29. The molecule has 1 aliphatic rings. The number of ether oxygens (including phenoxy) is 1. The highest BCUT2D eigenvalue weighted by Gasteiger charge is 2.15. The third-order valence-electron chi connectivity index (χ3n) is 2.64. The number of hydrogen-bond acceptors (Lipinski definition) is 4. The van der Waals surface area contributed by atoms with Gasteiger partial charge in [0, 0.05) is 24.9 Å². The van der Waals surface area contributed by atoms with Crippen molar-refractivity contribution in [2.45, 2.75) is 32.6 Å². The Balaban J connectivity index is 2.42. The van der Waals surface area contributed by atoms with Gasteiger partial charge in [-0.05, 0) is 26.2 Å². The van der Waals surface area contributed by atoms with Crippen LogP contribution >= 0.6 is 0 Å². The fourth-order valence-electron chi connectivity index (χ4n) is 1.86. The van der Waals surface area contributed by atoms with Gasteiger partial charge in [-0.25, -0.2) is 0 Å². The molecule has 0 atom stereocenters. The zero-order valence-electron chi connectivity index (χ0n) is 9.74. The second kappa shape index (κ2) is 6.89.